The summed E-state index contributed by atoms with van der Waals surface area (Å²) in [6, 6.07) is 11.3. The maximum Gasteiger partial charge on any atom is 0.242 e. The first-order valence-electron chi connectivity index (χ1n) is 10.7. The third kappa shape index (κ3) is 4.33. The van der Waals surface area contributed by atoms with Gasteiger partial charge < -0.3 is 14.9 Å². The molecule has 0 aliphatic carbocycles. The molecular weight excluding hydrogens is 390 g/mol. The van der Waals surface area contributed by atoms with Crippen molar-refractivity contribution in [2.75, 3.05) is 19.7 Å². The van der Waals surface area contributed by atoms with Gasteiger partial charge >= 0.3 is 0 Å². The Hall–Kier alpha value is -3.17. The molecule has 0 radical (unpaired) electrons. The second-order valence-electron chi connectivity index (χ2n) is 8.50. The fourth-order valence-corrected chi connectivity index (χ4v) is 4.49. The van der Waals surface area contributed by atoms with Crippen molar-refractivity contribution >= 4 is 11.8 Å². The van der Waals surface area contributed by atoms with Crippen molar-refractivity contribution in [3.8, 4) is 11.8 Å². The molecule has 6 nitrogen and oxygen atoms in total. The smallest absolute Gasteiger partial charge is 0.242 e. The monoisotopic (exact) mass is 417 g/mol. The fraction of sp³-hybridized carbons (Fsp3) is 0.400. The molecule has 2 aromatic rings. The molecule has 2 aliphatic heterocycles. The van der Waals surface area contributed by atoms with Gasteiger partial charge in [-0.25, -0.2) is 0 Å². The van der Waals surface area contributed by atoms with E-state index in [9.17, 15) is 14.7 Å². The number of aromatic nitrogens is 1. The first-order chi connectivity index (χ1) is 15.0. The Balaban J connectivity index is 1.50. The normalized spacial score (nSPS) is 22.5. The second kappa shape index (κ2) is 8.91. The highest BCUT2D eigenvalue weighted by Gasteiger charge is 2.54. The summed E-state index contributed by atoms with van der Waals surface area (Å²) in [6.45, 7) is 4.55. The molecule has 1 N–H and O–H groups in total. The average molecular weight is 418 g/mol. The third-order valence-corrected chi connectivity index (χ3v) is 5.98. The number of aliphatic hydroxyl groups excluding tert-OH is 1. The number of piperazine rings is 1. The predicted molar refractivity (Wildman–Crippen MR) is 117 cm³/mol. The van der Waals surface area contributed by atoms with Crippen LogP contribution in [0.15, 0.2) is 48.8 Å². The molecule has 0 bridgehead atoms. The average Bonchev–Trinajstić information content (AvgIpc) is 2.75. The van der Waals surface area contributed by atoms with Gasteiger partial charge in [-0.2, -0.15) is 0 Å². The number of aliphatic hydroxyl groups is 1. The fourth-order valence-electron chi connectivity index (χ4n) is 4.49. The van der Waals surface area contributed by atoms with E-state index in [1.807, 2.05) is 30.3 Å². The van der Waals surface area contributed by atoms with Gasteiger partial charge in [0.05, 0.1) is 31.7 Å². The molecule has 0 spiro atoms. The van der Waals surface area contributed by atoms with Crippen molar-refractivity contribution in [3.63, 3.8) is 0 Å². The van der Waals surface area contributed by atoms with E-state index in [0.29, 0.717) is 12.5 Å². The van der Waals surface area contributed by atoms with Crippen molar-refractivity contribution in [3.05, 3.63) is 65.5 Å². The molecule has 2 saturated heterocycles. The zero-order chi connectivity index (χ0) is 22.0. The van der Waals surface area contributed by atoms with Gasteiger partial charge in [-0.1, -0.05) is 43.9 Å². The van der Waals surface area contributed by atoms with E-state index in [-0.39, 0.29) is 49.4 Å². The number of pyridine rings is 1. The van der Waals surface area contributed by atoms with Crippen LogP contribution in [-0.2, 0) is 16.0 Å². The molecule has 4 rings (SSSR count). The number of carbonyl (C=O) groups excluding carboxylic acids is 2. The second-order valence-corrected chi connectivity index (χ2v) is 8.50. The Kier molecular flexibility index (Phi) is 6.06. The van der Waals surface area contributed by atoms with Crippen LogP contribution in [0.3, 0.4) is 0 Å². The molecule has 2 fully saturated rings. The van der Waals surface area contributed by atoms with Crippen LogP contribution >= 0.6 is 0 Å². The summed E-state index contributed by atoms with van der Waals surface area (Å²) in [5, 5.41) is 9.94. The van der Waals surface area contributed by atoms with Crippen molar-refractivity contribution < 1.29 is 14.7 Å². The van der Waals surface area contributed by atoms with Gasteiger partial charge in [0.1, 0.15) is 0 Å². The Morgan fingerprint density at radius 1 is 1.26 bits per heavy atom. The zero-order valence-corrected chi connectivity index (χ0v) is 17.9. The SMILES string of the molecule is CC(C)C#Cc1ccc([C@H]2[C@H]3CN(C(=O)Cc4cccnc4)CC(=O)N3[C@H]2CO)cc1. The van der Waals surface area contributed by atoms with Crippen molar-refractivity contribution in [1.82, 2.24) is 14.8 Å². The van der Waals surface area contributed by atoms with Crippen LogP contribution in [0.1, 0.15) is 36.5 Å². The summed E-state index contributed by atoms with van der Waals surface area (Å²) in [6.07, 6.45) is 3.57. The number of hydrogen-bond donors (Lipinski definition) is 1. The summed E-state index contributed by atoms with van der Waals surface area (Å²) in [4.78, 5) is 33.0. The van der Waals surface area contributed by atoms with E-state index in [2.05, 4.69) is 30.7 Å². The van der Waals surface area contributed by atoms with Crippen LogP contribution in [0.5, 0.6) is 0 Å². The van der Waals surface area contributed by atoms with E-state index < -0.39 is 0 Å². The molecule has 2 aliphatic rings. The number of benzene rings is 1. The van der Waals surface area contributed by atoms with E-state index in [1.165, 1.54) is 0 Å². The lowest BCUT2D eigenvalue weighted by Gasteiger charge is -2.58. The van der Waals surface area contributed by atoms with Crippen LogP contribution in [0.25, 0.3) is 0 Å². The number of rotatable bonds is 4. The number of fused-ring (bicyclic) bond motifs is 1. The molecule has 0 unspecified atom stereocenters. The van der Waals surface area contributed by atoms with Crippen molar-refractivity contribution in [1.29, 1.82) is 0 Å². The van der Waals surface area contributed by atoms with Gasteiger partial charge in [-0.05, 0) is 29.3 Å². The predicted octanol–water partition coefficient (Wildman–Crippen LogP) is 1.83. The molecule has 3 heterocycles. The molecule has 1 aromatic heterocycles. The van der Waals surface area contributed by atoms with Gasteiger partial charge in [0, 0.05) is 36.3 Å². The number of hydrogen-bond acceptors (Lipinski definition) is 4. The van der Waals surface area contributed by atoms with E-state index in [0.717, 1.165) is 16.7 Å². The standard InChI is InChI=1S/C25H27N3O3/c1-17(2)5-6-18-7-9-20(10-8-18)25-21-14-27(15-24(31)28(21)22(25)16-29)23(30)12-19-4-3-11-26-13-19/h3-4,7-11,13,17,21-22,25,29H,12,14-16H2,1-2H3/t21-,22+,25+/m1/s1. The molecule has 2 amide bonds. The molecule has 160 valence electrons. The minimum Gasteiger partial charge on any atom is -0.394 e. The van der Waals surface area contributed by atoms with Crippen LogP contribution in [-0.4, -0.2) is 63.5 Å². The largest absolute Gasteiger partial charge is 0.394 e. The maximum absolute atomic E-state index is 12.8. The van der Waals surface area contributed by atoms with Gasteiger partial charge in [0.15, 0.2) is 0 Å². The maximum atomic E-state index is 12.8. The molecule has 1 aromatic carbocycles. The highest BCUT2D eigenvalue weighted by Crippen LogP contribution is 2.42. The van der Waals surface area contributed by atoms with Crippen molar-refractivity contribution in [2.24, 2.45) is 5.92 Å². The van der Waals surface area contributed by atoms with Gasteiger partial charge in [0.25, 0.3) is 0 Å². The Morgan fingerprint density at radius 2 is 2.03 bits per heavy atom. The minimum atomic E-state index is -0.249. The van der Waals surface area contributed by atoms with E-state index >= 15 is 0 Å². The third-order valence-electron chi connectivity index (χ3n) is 5.98. The van der Waals surface area contributed by atoms with Gasteiger partial charge in [-0.3, -0.25) is 14.6 Å². The lowest BCUT2D eigenvalue weighted by molar-refractivity contribution is -0.166. The minimum absolute atomic E-state index is 0.00458. The molecule has 0 saturated carbocycles. The molecular formula is C25H27N3O3. The van der Waals surface area contributed by atoms with Crippen LogP contribution in [0.2, 0.25) is 0 Å². The Morgan fingerprint density at radius 3 is 2.68 bits per heavy atom. The van der Waals surface area contributed by atoms with E-state index in [4.69, 9.17) is 0 Å². The topological polar surface area (TPSA) is 73.7 Å². The highest BCUT2D eigenvalue weighted by molar-refractivity contribution is 5.88. The lowest BCUT2D eigenvalue weighted by Crippen LogP contribution is -2.73. The zero-order valence-electron chi connectivity index (χ0n) is 17.9. The molecule has 6 heteroatoms. The highest BCUT2D eigenvalue weighted by atomic mass is 16.3. The van der Waals surface area contributed by atoms with E-state index in [1.54, 1.807) is 28.3 Å². The Labute approximate surface area is 182 Å². The quantitative estimate of drug-likeness (QED) is 0.771. The first-order valence-corrected chi connectivity index (χ1v) is 10.7. The first kappa shape index (κ1) is 21.1. The van der Waals surface area contributed by atoms with Crippen LogP contribution < -0.4 is 0 Å². The van der Waals surface area contributed by atoms with Crippen LogP contribution in [0, 0.1) is 17.8 Å². The Bertz CT molecular complexity index is 1010. The molecule has 31 heavy (non-hydrogen) atoms. The van der Waals surface area contributed by atoms with Crippen molar-refractivity contribution in [2.45, 2.75) is 38.3 Å². The van der Waals surface area contributed by atoms with Crippen LogP contribution in [0.4, 0.5) is 0 Å². The summed E-state index contributed by atoms with van der Waals surface area (Å²) in [7, 11) is 0. The van der Waals surface area contributed by atoms with Gasteiger partial charge in [-0.15, -0.1) is 0 Å². The lowest BCUT2D eigenvalue weighted by atomic mass is 9.73. The van der Waals surface area contributed by atoms with Gasteiger partial charge in [0.2, 0.25) is 11.8 Å². The number of carbonyl (C=O) groups is 2. The number of amides is 2. The summed E-state index contributed by atoms with van der Waals surface area (Å²) < 4.78 is 0. The summed E-state index contributed by atoms with van der Waals surface area (Å²) in [5.74, 6) is 6.43. The number of nitrogens with zero attached hydrogens (tertiary/aromatic N) is 3. The molecule has 3 atom stereocenters. The summed E-state index contributed by atoms with van der Waals surface area (Å²) in [5.41, 5.74) is 2.84. The summed E-state index contributed by atoms with van der Waals surface area (Å²) >= 11 is 0.